The number of aliphatic carboxylic acids is 1. The Morgan fingerprint density at radius 2 is 2.19 bits per heavy atom. The van der Waals surface area contributed by atoms with Gasteiger partial charge in [0.05, 0.1) is 0 Å². The Hall–Kier alpha value is -3.39. The lowest BCUT2D eigenvalue weighted by Gasteiger charge is -2.46. The zero-order chi connectivity index (χ0) is 23.8. The molecule has 2 aromatic rings. The summed E-state index contributed by atoms with van der Waals surface area (Å²) in [5, 5.41) is 16.0. The summed E-state index contributed by atoms with van der Waals surface area (Å²) in [5.74, 6) is -2.85. The highest BCUT2D eigenvalue weighted by Crippen LogP contribution is 2.30. The van der Waals surface area contributed by atoms with Crippen LogP contribution in [0.25, 0.3) is 5.65 Å². The van der Waals surface area contributed by atoms with Crippen molar-refractivity contribution in [2.75, 3.05) is 0 Å². The molecule has 0 spiro atoms. The molecule has 172 valence electrons. The number of β-lactam (4-membered cyclic amide) rings is 1. The first-order valence-corrected chi connectivity index (χ1v) is 10.7. The molecule has 2 aromatic heterocycles. The van der Waals surface area contributed by atoms with Crippen LogP contribution in [0.4, 0.5) is 0 Å². The van der Waals surface area contributed by atoms with Crippen molar-refractivity contribution >= 4 is 40.7 Å². The number of nitrogens with one attached hydrogen (secondary N) is 2. The van der Waals surface area contributed by atoms with Crippen LogP contribution >= 0.6 is 0 Å². The topological polar surface area (TPSA) is 187 Å². The van der Waals surface area contributed by atoms with Crippen LogP contribution < -0.4 is 11.0 Å². The maximum atomic E-state index is 12.5. The van der Waals surface area contributed by atoms with E-state index in [1.165, 1.54) is 4.52 Å². The number of rotatable bonds is 8. The van der Waals surface area contributed by atoms with Gasteiger partial charge in [-0.2, -0.15) is 5.10 Å². The van der Waals surface area contributed by atoms with Crippen LogP contribution in [0.2, 0.25) is 0 Å². The van der Waals surface area contributed by atoms with E-state index in [0.29, 0.717) is 12.0 Å². The Bertz CT molecular complexity index is 1200. The van der Waals surface area contributed by atoms with E-state index in [1.54, 1.807) is 13.1 Å². The van der Waals surface area contributed by atoms with Crippen molar-refractivity contribution in [1.82, 2.24) is 24.9 Å². The van der Waals surface area contributed by atoms with Gasteiger partial charge in [0.1, 0.15) is 10.4 Å². The van der Waals surface area contributed by atoms with Crippen LogP contribution in [-0.2, 0) is 27.1 Å². The lowest BCUT2D eigenvalue weighted by atomic mass is 9.92. The molecule has 0 aliphatic carbocycles. The first kappa shape index (κ1) is 23.3. The minimum Gasteiger partial charge on any atom is -0.480 e. The second-order valence-electron chi connectivity index (χ2n) is 7.52. The number of nitrogens with zero attached hydrogens (tertiary/aromatic N) is 4. The van der Waals surface area contributed by atoms with Gasteiger partial charge >= 0.3 is 5.97 Å². The number of hydrazone groups is 1. The average molecular weight is 466 g/mol. The van der Waals surface area contributed by atoms with Crippen LogP contribution in [0, 0.1) is 0 Å². The minimum absolute atomic E-state index is 0.119. The van der Waals surface area contributed by atoms with Crippen molar-refractivity contribution in [2.24, 2.45) is 5.10 Å². The van der Waals surface area contributed by atoms with Crippen molar-refractivity contribution in [2.45, 2.75) is 50.4 Å². The second kappa shape index (κ2) is 8.63. The third kappa shape index (κ3) is 3.93. The van der Waals surface area contributed by atoms with Gasteiger partial charge in [0.25, 0.3) is 11.5 Å². The van der Waals surface area contributed by atoms with Crippen molar-refractivity contribution in [3.05, 3.63) is 33.9 Å². The summed E-state index contributed by atoms with van der Waals surface area (Å²) in [6.45, 7) is 4.60. The fourth-order valence-electron chi connectivity index (χ4n) is 3.52. The molecule has 1 fully saturated rings. The molecule has 0 bridgehead atoms. The number of H-pyrrole nitrogens is 1. The number of hydrogen-bond acceptors (Lipinski definition) is 7. The largest absolute Gasteiger partial charge is 0.480 e. The van der Waals surface area contributed by atoms with Crippen LogP contribution in [-0.4, -0.2) is 74.2 Å². The van der Waals surface area contributed by atoms with E-state index >= 15 is 0 Å². The molecule has 3 rings (SSSR count). The molecule has 1 saturated heterocycles. The SMILES string of the molecule is CCc1c[nH]n2c(=O)cc(C(=O)N/N=C/[C@@](C)([C@H](C(=O)O)N3C(=O)C[C@H]3C)S(=O)O)nc12. The fourth-order valence-corrected chi connectivity index (χ4v) is 4.07. The van der Waals surface area contributed by atoms with Crippen LogP contribution in [0.15, 0.2) is 22.2 Å². The summed E-state index contributed by atoms with van der Waals surface area (Å²) in [6, 6.07) is -1.14. The molecule has 32 heavy (non-hydrogen) atoms. The van der Waals surface area contributed by atoms with Gasteiger partial charge in [-0.25, -0.2) is 23.9 Å². The van der Waals surface area contributed by atoms with Crippen molar-refractivity contribution in [3.63, 3.8) is 0 Å². The van der Waals surface area contributed by atoms with Gasteiger partial charge < -0.3 is 14.6 Å². The van der Waals surface area contributed by atoms with Crippen LogP contribution in [0.5, 0.6) is 0 Å². The molecule has 1 aliphatic heterocycles. The van der Waals surface area contributed by atoms with Gasteiger partial charge in [-0.15, -0.1) is 0 Å². The van der Waals surface area contributed by atoms with Crippen molar-refractivity contribution < 1.29 is 28.3 Å². The van der Waals surface area contributed by atoms with Gasteiger partial charge in [-0.3, -0.25) is 19.5 Å². The number of amides is 2. The molecular formula is C18H22N6O7S. The van der Waals surface area contributed by atoms with Gasteiger partial charge in [0, 0.05) is 36.5 Å². The summed E-state index contributed by atoms with van der Waals surface area (Å²) in [5.41, 5.74) is 2.30. The Morgan fingerprint density at radius 1 is 1.50 bits per heavy atom. The predicted molar refractivity (Wildman–Crippen MR) is 113 cm³/mol. The Balaban J connectivity index is 1.87. The van der Waals surface area contributed by atoms with Gasteiger partial charge in [-0.1, -0.05) is 6.92 Å². The maximum Gasteiger partial charge on any atom is 0.328 e. The summed E-state index contributed by atoms with van der Waals surface area (Å²) in [7, 11) is 0. The molecule has 13 nitrogen and oxygen atoms in total. The Labute approximate surface area is 183 Å². The monoisotopic (exact) mass is 466 g/mol. The number of carbonyl (C=O) groups is 3. The minimum atomic E-state index is -2.77. The maximum absolute atomic E-state index is 12.5. The molecule has 0 aromatic carbocycles. The highest BCUT2D eigenvalue weighted by molar-refractivity contribution is 7.81. The van der Waals surface area contributed by atoms with E-state index in [4.69, 9.17) is 0 Å². The summed E-state index contributed by atoms with van der Waals surface area (Å²) >= 11 is -2.77. The summed E-state index contributed by atoms with van der Waals surface area (Å²) in [6.07, 6.45) is 3.08. The summed E-state index contributed by atoms with van der Waals surface area (Å²) < 4.78 is 21.0. The van der Waals surface area contributed by atoms with E-state index in [0.717, 1.165) is 24.1 Å². The van der Waals surface area contributed by atoms with E-state index in [-0.39, 0.29) is 17.8 Å². The standard InChI is InChI=1S/C18H22N6O7S/c1-4-10-7-20-24-13(26)6-11(21-15(10)24)16(27)22-19-8-18(3,32(30)31)14(17(28)29)23-9(2)5-12(23)25/h6-9,14,20H,4-5H2,1-3H3,(H,22,27)(H,28,29)(H,30,31)/b19-8+/t9-,14+,18+/m1/s1. The number of aromatic nitrogens is 3. The van der Waals surface area contributed by atoms with E-state index in [9.17, 15) is 33.0 Å². The Morgan fingerprint density at radius 3 is 2.72 bits per heavy atom. The lowest BCUT2D eigenvalue weighted by molar-refractivity contribution is -0.161. The van der Waals surface area contributed by atoms with E-state index < -0.39 is 51.3 Å². The highest BCUT2D eigenvalue weighted by atomic mass is 32.2. The quantitative estimate of drug-likeness (QED) is 0.171. The number of carboxylic acid groups (broad SMARTS) is 1. The smallest absolute Gasteiger partial charge is 0.328 e. The lowest BCUT2D eigenvalue weighted by Crippen LogP contribution is -2.67. The molecule has 1 unspecified atom stereocenters. The number of likely N-dealkylation sites (tertiary alicyclic amines) is 1. The average Bonchev–Trinajstić information content (AvgIpc) is 3.15. The first-order valence-electron chi connectivity index (χ1n) is 9.60. The third-order valence-electron chi connectivity index (χ3n) is 5.34. The molecular weight excluding hydrogens is 444 g/mol. The predicted octanol–water partition coefficient (Wildman–Crippen LogP) is -0.645. The summed E-state index contributed by atoms with van der Waals surface area (Å²) in [4.78, 5) is 53.6. The molecule has 14 heteroatoms. The number of aryl methyl sites for hydroxylation is 1. The molecule has 3 heterocycles. The molecule has 4 atom stereocenters. The van der Waals surface area contributed by atoms with Crippen LogP contribution in [0.1, 0.15) is 43.2 Å². The number of carbonyl (C=O) groups excluding carboxylic acids is 2. The van der Waals surface area contributed by atoms with E-state index in [1.807, 2.05) is 6.92 Å². The number of hydrogen-bond donors (Lipinski definition) is 4. The van der Waals surface area contributed by atoms with Crippen molar-refractivity contribution in [3.8, 4) is 0 Å². The molecule has 1 aliphatic rings. The molecule has 0 radical (unpaired) electrons. The van der Waals surface area contributed by atoms with Gasteiger partial charge in [0.15, 0.2) is 22.8 Å². The normalized spacial score (nSPS) is 20.1. The molecule has 2 amide bonds. The highest BCUT2D eigenvalue weighted by Gasteiger charge is 2.53. The second-order valence-corrected chi connectivity index (χ2v) is 8.90. The third-order valence-corrected chi connectivity index (χ3v) is 6.42. The van der Waals surface area contributed by atoms with Gasteiger partial charge in [-0.05, 0) is 20.3 Å². The zero-order valence-corrected chi connectivity index (χ0v) is 18.3. The number of fused-ring (bicyclic) bond motifs is 1. The fraction of sp³-hybridized carbons (Fsp3) is 0.444. The first-order chi connectivity index (χ1) is 15.0. The van der Waals surface area contributed by atoms with E-state index in [2.05, 4.69) is 20.6 Å². The zero-order valence-electron chi connectivity index (χ0n) is 17.4. The molecule has 0 saturated carbocycles. The van der Waals surface area contributed by atoms with Gasteiger partial charge in [0.2, 0.25) is 5.91 Å². The molecule has 4 N–H and O–H groups in total. The Kier molecular flexibility index (Phi) is 6.27. The van der Waals surface area contributed by atoms with Crippen molar-refractivity contribution in [1.29, 1.82) is 0 Å². The van der Waals surface area contributed by atoms with Crippen LogP contribution in [0.3, 0.4) is 0 Å². The number of carboxylic acids is 1. The number of aromatic amines is 1.